The zero-order valence-corrected chi connectivity index (χ0v) is 12.0. The minimum absolute atomic E-state index is 0.115. The quantitative estimate of drug-likeness (QED) is 0.696. The van der Waals surface area contributed by atoms with Crippen molar-refractivity contribution in [1.82, 2.24) is 0 Å². The summed E-state index contributed by atoms with van der Waals surface area (Å²) in [7, 11) is -4.36. The third-order valence-electron chi connectivity index (χ3n) is 3.73. The molecule has 1 heterocycles. The summed E-state index contributed by atoms with van der Waals surface area (Å²) in [6.07, 6.45) is 4.28. The topological polar surface area (TPSA) is 84.6 Å². The minimum atomic E-state index is -4.36. The molecule has 0 fully saturated rings. The number of aryl methyl sites for hydroxylation is 2. The molecule has 6 heteroatoms. The number of hydrogen-bond acceptors (Lipinski definition) is 4. The van der Waals surface area contributed by atoms with Gasteiger partial charge < -0.3 is 4.42 Å². The van der Waals surface area contributed by atoms with Gasteiger partial charge in [0.15, 0.2) is 12.0 Å². The molecule has 1 N–H and O–H groups in total. The van der Waals surface area contributed by atoms with E-state index in [0.717, 1.165) is 36.8 Å². The molecule has 1 aromatic carbocycles. The molecular formula is C15H14O5S. The summed E-state index contributed by atoms with van der Waals surface area (Å²) >= 11 is 0. The first-order valence-corrected chi connectivity index (χ1v) is 8.12. The van der Waals surface area contributed by atoms with Crippen molar-refractivity contribution in [3.05, 3.63) is 41.2 Å². The molecule has 1 aliphatic carbocycles. The van der Waals surface area contributed by atoms with Crippen molar-refractivity contribution < 1.29 is 22.2 Å². The summed E-state index contributed by atoms with van der Waals surface area (Å²) in [5.74, 6) is 0.377. The van der Waals surface area contributed by atoms with Crippen molar-refractivity contribution in [3.8, 4) is 11.3 Å². The Kier molecular flexibility index (Phi) is 3.43. The van der Waals surface area contributed by atoms with E-state index in [1.807, 2.05) is 0 Å². The Balaban J connectivity index is 2.24. The largest absolute Gasteiger partial charge is 0.453 e. The van der Waals surface area contributed by atoms with Gasteiger partial charge in [-0.2, -0.15) is 8.42 Å². The Morgan fingerprint density at radius 2 is 1.76 bits per heavy atom. The fourth-order valence-electron chi connectivity index (χ4n) is 2.73. The first-order valence-electron chi connectivity index (χ1n) is 6.68. The van der Waals surface area contributed by atoms with E-state index >= 15 is 0 Å². The molecule has 0 radical (unpaired) electrons. The van der Waals surface area contributed by atoms with Gasteiger partial charge in [0.25, 0.3) is 10.1 Å². The van der Waals surface area contributed by atoms with E-state index in [9.17, 15) is 17.8 Å². The van der Waals surface area contributed by atoms with Crippen molar-refractivity contribution in [1.29, 1.82) is 0 Å². The lowest BCUT2D eigenvalue weighted by Gasteiger charge is -2.18. The molecular weight excluding hydrogens is 292 g/mol. The van der Waals surface area contributed by atoms with E-state index in [1.54, 1.807) is 6.07 Å². The highest BCUT2D eigenvalue weighted by molar-refractivity contribution is 7.86. The van der Waals surface area contributed by atoms with Gasteiger partial charge in [-0.3, -0.25) is 9.35 Å². The van der Waals surface area contributed by atoms with Crippen molar-refractivity contribution in [2.24, 2.45) is 0 Å². The van der Waals surface area contributed by atoms with Crippen LogP contribution in [0.4, 0.5) is 0 Å². The smallest absolute Gasteiger partial charge is 0.295 e. The lowest BCUT2D eigenvalue weighted by Crippen LogP contribution is -2.08. The molecule has 3 rings (SSSR count). The Labute approximate surface area is 122 Å². The lowest BCUT2D eigenvalue weighted by atomic mass is 9.90. The third-order valence-corrected chi connectivity index (χ3v) is 4.62. The van der Waals surface area contributed by atoms with Crippen molar-refractivity contribution in [2.45, 2.75) is 30.6 Å². The number of benzene rings is 1. The van der Waals surface area contributed by atoms with Crippen molar-refractivity contribution >= 4 is 16.4 Å². The van der Waals surface area contributed by atoms with Gasteiger partial charge >= 0.3 is 0 Å². The van der Waals surface area contributed by atoms with Gasteiger partial charge in [0.1, 0.15) is 10.7 Å². The van der Waals surface area contributed by atoms with Crippen LogP contribution in [-0.2, 0) is 23.0 Å². The van der Waals surface area contributed by atoms with Crippen LogP contribution in [0.15, 0.2) is 33.6 Å². The van der Waals surface area contributed by atoms with E-state index in [-0.39, 0.29) is 16.4 Å². The number of rotatable bonds is 3. The number of hydrogen-bond donors (Lipinski definition) is 1. The van der Waals surface area contributed by atoms with Crippen molar-refractivity contribution in [2.75, 3.05) is 0 Å². The third kappa shape index (κ3) is 2.64. The van der Waals surface area contributed by atoms with E-state index in [4.69, 9.17) is 4.42 Å². The summed E-state index contributed by atoms with van der Waals surface area (Å²) in [6, 6.07) is 6.26. The number of furan rings is 1. The molecule has 0 unspecified atom stereocenters. The fourth-order valence-corrected chi connectivity index (χ4v) is 3.46. The second kappa shape index (κ2) is 5.13. The molecule has 0 amide bonds. The van der Waals surface area contributed by atoms with Crippen LogP contribution < -0.4 is 0 Å². The summed E-state index contributed by atoms with van der Waals surface area (Å²) < 4.78 is 38.0. The molecule has 2 aromatic rings. The molecule has 0 bridgehead atoms. The summed E-state index contributed by atoms with van der Waals surface area (Å²) in [5.41, 5.74) is 2.30. The van der Waals surface area contributed by atoms with Gasteiger partial charge in [-0.1, -0.05) is 0 Å². The van der Waals surface area contributed by atoms with E-state index in [0.29, 0.717) is 11.8 Å². The molecule has 0 atom stereocenters. The second-order valence-corrected chi connectivity index (χ2v) is 6.51. The molecule has 110 valence electrons. The van der Waals surface area contributed by atoms with Crippen LogP contribution in [0.1, 0.15) is 34.5 Å². The van der Waals surface area contributed by atoms with Gasteiger partial charge in [0.05, 0.1) is 0 Å². The molecule has 5 nitrogen and oxygen atoms in total. The number of fused-ring (bicyclic) bond motifs is 1. The van der Waals surface area contributed by atoms with E-state index in [1.165, 1.54) is 18.2 Å². The Hall–Kier alpha value is -1.92. The first kappa shape index (κ1) is 14.0. The molecule has 0 saturated heterocycles. The molecule has 21 heavy (non-hydrogen) atoms. The van der Waals surface area contributed by atoms with E-state index in [2.05, 4.69) is 0 Å². The maximum Gasteiger partial charge on any atom is 0.295 e. The normalized spacial score (nSPS) is 14.7. The number of aldehydes is 1. The van der Waals surface area contributed by atoms with Crippen LogP contribution >= 0.6 is 0 Å². The lowest BCUT2D eigenvalue weighted by molar-refractivity contribution is 0.110. The van der Waals surface area contributed by atoms with Gasteiger partial charge in [-0.25, -0.2) is 0 Å². The molecule has 0 saturated carbocycles. The van der Waals surface area contributed by atoms with Crippen molar-refractivity contribution in [3.63, 3.8) is 0 Å². The van der Waals surface area contributed by atoms with Gasteiger partial charge in [-0.15, -0.1) is 0 Å². The number of carbonyl (C=O) groups excluding carboxylic acids is 1. The monoisotopic (exact) mass is 306 g/mol. The maximum absolute atomic E-state index is 11.6. The SMILES string of the molecule is O=Cc1ccc(-c2cc3c(cc2S(=O)(=O)O)CCCC3)o1. The minimum Gasteiger partial charge on any atom is -0.453 e. The van der Waals surface area contributed by atoms with Crippen LogP contribution in [0.5, 0.6) is 0 Å². The van der Waals surface area contributed by atoms with Crippen LogP contribution in [-0.4, -0.2) is 19.3 Å². The summed E-state index contributed by atoms with van der Waals surface area (Å²) in [6.45, 7) is 0. The van der Waals surface area contributed by atoms with Crippen LogP contribution in [0, 0.1) is 0 Å². The highest BCUT2D eigenvalue weighted by Gasteiger charge is 2.23. The molecule has 1 aromatic heterocycles. The first-order chi connectivity index (χ1) is 9.99. The molecule has 0 spiro atoms. The molecule has 1 aliphatic rings. The van der Waals surface area contributed by atoms with Gasteiger partial charge in [-0.05, 0) is 61.1 Å². The Bertz CT molecular complexity index is 801. The predicted octanol–water partition coefficient (Wildman–Crippen LogP) is 2.88. The van der Waals surface area contributed by atoms with Gasteiger partial charge in [0, 0.05) is 5.56 Å². The van der Waals surface area contributed by atoms with Crippen LogP contribution in [0.2, 0.25) is 0 Å². The second-order valence-electron chi connectivity index (χ2n) is 5.12. The Morgan fingerprint density at radius 3 is 2.33 bits per heavy atom. The summed E-state index contributed by atoms with van der Waals surface area (Å²) in [4.78, 5) is 10.5. The van der Waals surface area contributed by atoms with E-state index < -0.39 is 10.1 Å². The standard InChI is InChI=1S/C15H14O5S/c16-9-12-5-6-14(20-12)13-7-10-3-1-2-4-11(10)8-15(13)21(17,18)19/h5-9H,1-4H2,(H,17,18,19). The fraction of sp³-hybridized carbons (Fsp3) is 0.267. The Morgan fingerprint density at radius 1 is 1.10 bits per heavy atom. The zero-order valence-electron chi connectivity index (χ0n) is 11.2. The average Bonchev–Trinajstić information content (AvgIpc) is 2.94. The average molecular weight is 306 g/mol. The van der Waals surface area contributed by atoms with Crippen LogP contribution in [0.3, 0.4) is 0 Å². The predicted molar refractivity (Wildman–Crippen MR) is 76.0 cm³/mol. The van der Waals surface area contributed by atoms with Crippen LogP contribution in [0.25, 0.3) is 11.3 Å². The highest BCUT2D eigenvalue weighted by Crippen LogP contribution is 2.34. The maximum atomic E-state index is 11.6. The van der Waals surface area contributed by atoms with Gasteiger partial charge in [0.2, 0.25) is 0 Å². The summed E-state index contributed by atoms with van der Waals surface area (Å²) in [5, 5.41) is 0. The zero-order chi connectivity index (χ0) is 15.0. The highest BCUT2D eigenvalue weighted by atomic mass is 32.2. The molecule has 0 aliphatic heterocycles. The number of carbonyl (C=O) groups is 1.